The SMILES string of the molecule is C[C@@H]1CC[C@@H]2[C@](C)(CO)[C@H](O)CC[C@]2(C)[C@@]12CC[C@]1(CCOC1)O2. The van der Waals surface area contributed by atoms with Gasteiger partial charge in [-0.1, -0.05) is 20.8 Å². The molecule has 0 aromatic heterocycles. The number of rotatable bonds is 1. The van der Waals surface area contributed by atoms with Gasteiger partial charge in [0.05, 0.1) is 30.5 Å². The van der Waals surface area contributed by atoms with Gasteiger partial charge in [-0.25, -0.2) is 0 Å². The molecule has 0 radical (unpaired) electrons. The largest absolute Gasteiger partial charge is 0.396 e. The highest BCUT2D eigenvalue weighted by atomic mass is 16.6. The summed E-state index contributed by atoms with van der Waals surface area (Å²) in [5.74, 6) is 0.837. The van der Waals surface area contributed by atoms with E-state index in [2.05, 4.69) is 20.8 Å². The van der Waals surface area contributed by atoms with Crippen molar-refractivity contribution in [3.8, 4) is 0 Å². The number of fused-ring (bicyclic) bond motifs is 2. The van der Waals surface area contributed by atoms with E-state index in [1.54, 1.807) is 0 Å². The van der Waals surface area contributed by atoms with Crippen LogP contribution in [0.25, 0.3) is 0 Å². The first-order chi connectivity index (χ1) is 11.3. The van der Waals surface area contributed by atoms with E-state index in [1.165, 1.54) is 0 Å². The van der Waals surface area contributed by atoms with Crippen molar-refractivity contribution in [1.82, 2.24) is 0 Å². The molecule has 7 atom stereocenters. The minimum Gasteiger partial charge on any atom is -0.396 e. The summed E-state index contributed by atoms with van der Waals surface area (Å²) in [5.41, 5.74) is -0.593. The number of hydrogen-bond donors (Lipinski definition) is 2. The van der Waals surface area contributed by atoms with Gasteiger partial charge in [-0.05, 0) is 50.4 Å². The average Bonchev–Trinajstić information content (AvgIpc) is 3.18. The molecule has 0 unspecified atom stereocenters. The lowest BCUT2D eigenvalue weighted by Gasteiger charge is -2.65. The van der Waals surface area contributed by atoms with Crippen LogP contribution in [0.3, 0.4) is 0 Å². The summed E-state index contributed by atoms with van der Waals surface area (Å²) in [7, 11) is 0. The number of ether oxygens (including phenoxy) is 2. The molecular weight excluding hydrogens is 304 g/mol. The van der Waals surface area contributed by atoms with Gasteiger partial charge in [-0.2, -0.15) is 0 Å². The van der Waals surface area contributed by atoms with Crippen LogP contribution in [0.2, 0.25) is 0 Å². The Labute approximate surface area is 145 Å². The molecular formula is C20H34O4. The van der Waals surface area contributed by atoms with Gasteiger partial charge in [0.15, 0.2) is 0 Å². The van der Waals surface area contributed by atoms with Gasteiger partial charge in [0, 0.05) is 23.9 Å². The van der Waals surface area contributed by atoms with Crippen LogP contribution in [-0.4, -0.2) is 47.3 Å². The van der Waals surface area contributed by atoms with Gasteiger partial charge in [-0.15, -0.1) is 0 Å². The monoisotopic (exact) mass is 338 g/mol. The topological polar surface area (TPSA) is 58.9 Å². The summed E-state index contributed by atoms with van der Waals surface area (Å²) in [6.07, 6.45) is 6.78. The van der Waals surface area contributed by atoms with Gasteiger partial charge < -0.3 is 19.7 Å². The fourth-order valence-corrected chi connectivity index (χ4v) is 7.00. The van der Waals surface area contributed by atoms with E-state index in [9.17, 15) is 10.2 Å². The first kappa shape index (κ1) is 17.3. The van der Waals surface area contributed by atoms with Gasteiger partial charge in [0.1, 0.15) is 0 Å². The lowest BCUT2D eigenvalue weighted by molar-refractivity contribution is -0.266. The fraction of sp³-hybridized carbons (Fsp3) is 1.00. The van der Waals surface area contributed by atoms with Gasteiger partial charge >= 0.3 is 0 Å². The minimum atomic E-state index is -0.411. The smallest absolute Gasteiger partial charge is 0.0945 e. The first-order valence-electron chi connectivity index (χ1n) is 9.89. The molecule has 0 aromatic carbocycles. The van der Waals surface area contributed by atoms with E-state index in [0.29, 0.717) is 11.8 Å². The third kappa shape index (κ3) is 2.00. The third-order valence-electron chi connectivity index (χ3n) is 8.67. The molecule has 24 heavy (non-hydrogen) atoms. The zero-order chi connectivity index (χ0) is 17.2. The second-order valence-electron chi connectivity index (χ2n) is 9.64. The maximum atomic E-state index is 10.7. The Morgan fingerprint density at radius 3 is 2.50 bits per heavy atom. The van der Waals surface area contributed by atoms with E-state index in [4.69, 9.17) is 9.47 Å². The molecule has 4 aliphatic rings. The Morgan fingerprint density at radius 1 is 1.04 bits per heavy atom. The molecule has 2 saturated carbocycles. The molecule has 4 heteroatoms. The summed E-state index contributed by atoms with van der Waals surface area (Å²) >= 11 is 0. The Hall–Kier alpha value is -0.160. The van der Waals surface area contributed by atoms with Gasteiger partial charge in [0.2, 0.25) is 0 Å². The van der Waals surface area contributed by atoms with Crippen molar-refractivity contribution in [2.24, 2.45) is 22.7 Å². The molecule has 4 fully saturated rings. The van der Waals surface area contributed by atoms with E-state index < -0.39 is 11.5 Å². The Kier molecular flexibility index (Phi) is 3.90. The van der Waals surface area contributed by atoms with Crippen LogP contribution >= 0.6 is 0 Å². The van der Waals surface area contributed by atoms with E-state index in [-0.39, 0.29) is 23.2 Å². The molecule has 0 aromatic rings. The zero-order valence-corrected chi connectivity index (χ0v) is 15.5. The molecule has 2 aliphatic heterocycles. The molecule has 2 saturated heterocycles. The summed E-state index contributed by atoms with van der Waals surface area (Å²) in [4.78, 5) is 0. The molecule has 0 bridgehead atoms. The predicted octanol–water partition coefficient (Wildman–Crippen LogP) is 2.90. The van der Waals surface area contributed by atoms with Crippen LogP contribution in [0, 0.1) is 22.7 Å². The molecule has 2 heterocycles. The first-order valence-corrected chi connectivity index (χ1v) is 9.89. The molecule has 0 amide bonds. The maximum Gasteiger partial charge on any atom is 0.0945 e. The standard InChI is InChI=1S/C20H34O4/c1-14-4-5-15-17(2,12-21)16(22)6-7-18(15,3)20(14)9-8-19(24-20)10-11-23-13-19/h14-16,21-22H,4-13H2,1-3H3/t14-,15-,16-,17+,18+,19-,20-/m1/s1. The summed E-state index contributed by atoms with van der Waals surface area (Å²) in [6.45, 7) is 8.46. The lowest BCUT2D eigenvalue weighted by Crippen LogP contribution is -2.66. The van der Waals surface area contributed by atoms with Crippen LogP contribution in [0.15, 0.2) is 0 Å². The molecule has 2 spiro atoms. The van der Waals surface area contributed by atoms with Crippen LogP contribution in [0.4, 0.5) is 0 Å². The highest BCUT2D eigenvalue weighted by Crippen LogP contribution is 2.68. The van der Waals surface area contributed by atoms with Crippen LogP contribution in [-0.2, 0) is 9.47 Å². The quantitative estimate of drug-likeness (QED) is 0.772. The van der Waals surface area contributed by atoms with Crippen molar-refractivity contribution in [2.45, 2.75) is 83.0 Å². The van der Waals surface area contributed by atoms with Crippen molar-refractivity contribution in [1.29, 1.82) is 0 Å². The Bertz CT molecular complexity index is 502. The normalized spacial score (nSPS) is 57.6. The van der Waals surface area contributed by atoms with Crippen molar-refractivity contribution >= 4 is 0 Å². The molecule has 2 aliphatic carbocycles. The number of hydrogen-bond acceptors (Lipinski definition) is 4. The molecule has 4 rings (SSSR count). The summed E-state index contributed by atoms with van der Waals surface area (Å²) in [5, 5.41) is 20.8. The van der Waals surface area contributed by atoms with E-state index in [0.717, 1.165) is 58.2 Å². The maximum absolute atomic E-state index is 10.7. The average molecular weight is 338 g/mol. The molecule has 2 N–H and O–H groups in total. The van der Waals surface area contributed by atoms with Crippen molar-refractivity contribution in [2.75, 3.05) is 19.8 Å². The van der Waals surface area contributed by atoms with E-state index in [1.807, 2.05) is 0 Å². The van der Waals surface area contributed by atoms with Crippen LogP contribution in [0.1, 0.15) is 65.7 Å². The third-order valence-corrected chi connectivity index (χ3v) is 8.67. The molecule has 138 valence electrons. The lowest BCUT2D eigenvalue weighted by atomic mass is 9.43. The summed E-state index contributed by atoms with van der Waals surface area (Å²) < 4.78 is 12.7. The second-order valence-corrected chi connectivity index (χ2v) is 9.64. The number of aliphatic hydroxyl groups is 2. The molecule has 4 nitrogen and oxygen atoms in total. The van der Waals surface area contributed by atoms with Crippen molar-refractivity contribution in [3.63, 3.8) is 0 Å². The zero-order valence-electron chi connectivity index (χ0n) is 15.5. The Morgan fingerprint density at radius 2 is 1.83 bits per heavy atom. The number of aliphatic hydroxyl groups excluding tert-OH is 2. The van der Waals surface area contributed by atoms with Crippen molar-refractivity contribution < 1.29 is 19.7 Å². The van der Waals surface area contributed by atoms with Crippen LogP contribution in [0.5, 0.6) is 0 Å². The fourth-order valence-electron chi connectivity index (χ4n) is 7.00. The predicted molar refractivity (Wildman–Crippen MR) is 91.6 cm³/mol. The summed E-state index contributed by atoms with van der Waals surface area (Å²) in [6, 6.07) is 0. The highest BCUT2D eigenvalue weighted by molar-refractivity contribution is 5.17. The van der Waals surface area contributed by atoms with Crippen molar-refractivity contribution in [3.05, 3.63) is 0 Å². The Balaban J connectivity index is 1.74. The van der Waals surface area contributed by atoms with E-state index >= 15 is 0 Å². The second kappa shape index (κ2) is 5.42. The minimum absolute atomic E-state index is 0.0213. The van der Waals surface area contributed by atoms with Crippen LogP contribution < -0.4 is 0 Å². The highest BCUT2D eigenvalue weighted by Gasteiger charge is 2.69. The van der Waals surface area contributed by atoms with Gasteiger partial charge in [-0.3, -0.25) is 0 Å². The van der Waals surface area contributed by atoms with Gasteiger partial charge in [0.25, 0.3) is 0 Å².